The van der Waals surface area contributed by atoms with Crippen LogP contribution in [0, 0.1) is 0 Å². The summed E-state index contributed by atoms with van der Waals surface area (Å²) in [6.07, 6.45) is 0.00181. The number of ether oxygens (including phenoxy) is 2. The van der Waals surface area contributed by atoms with Crippen molar-refractivity contribution in [3.63, 3.8) is 0 Å². The Bertz CT molecular complexity index is 1260. The van der Waals surface area contributed by atoms with Crippen LogP contribution < -0.4 is 21.2 Å². The van der Waals surface area contributed by atoms with Gasteiger partial charge in [-0.05, 0) is 62.7 Å². The Kier molecular flexibility index (Phi) is 9.74. The summed E-state index contributed by atoms with van der Waals surface area (Å²) >= 11 is 0. The van der Waals surface area contributed by atoms with E-state index in [1.807, 2.05) is 106 Å². The van der Waals surface area contributed by atoms with Gasteiger partial charge in [-0.15, -0.1) is 0 Å². The van der Waals surface area contributed by atoms with Crippen LogP contribution in [0.3, 0.4) is 0 Å². The van der Waals surface area contributed by atoms with Crippen molar-refractivity contribution in [2.24, 2.45) is 0 Å². The molecule has 0 bridgehead atoms. The van der Waals surface area contributed by atoms with E-state index in [0.717, 1.165) is 21.5 Å². The summed E-state index contributed by atoms with van der Waals surface area (Å²) in [5, 5.41) is 6.53. The first-order valence-corrected chi connectivity index (χ1v) is 15.4. The fourth-order valence-corrected chi connectivity index (χ4v) is 9.60. The topological polar surface area (TPSA) is 64.6 Å². The molecule has 206 valence electrons. The number of amides is 1. The Labute approximate surface area is 237 Å². The maximum absolute atomic E-state index is 13.4. The smallest absolute Gasteiger partial charge is 0.410 e. The van der Waals surface area contributed by atoms with Crippen molar-refractivity contribution >= 4 is 35.2 Å². The van der Waals surface area contributed by atoms with Gasteiger partial charge in [0.2, 0.25) is 0 Å². The second-order valence-corrected chi connectivity index (χ2v) is 14.2. The zero-order valence-electron chi connectivity index (χ0n) is 23.3. The molecule has 0 aliphatic heterocycles. The second-order valence-electron chi connectivity index (χ2n) is 10.6. The summed E-state index contributed by atoms with van der Waals surface area (Å²) in [4.78, 5) is 26.4. The van der Waals surface area contributed by atoms with E-state index in [0.29, 0.717) is 6.42 Å². The summed E-state index contributed by atoms with van der Waals surface area (Å²) in [5.74, 6) is -0.736. The zero-order chi connectivity index (χ0) is 28.4. The van der Waals surface area contributed by atoms with E-state index in [9.17, 15) is 9.59 Å². The van der Waals surface area contributed by atoms with Crippen LogP contribution in [-0.4, -0.2) is 23.4 Å². The molecule has 6 heteroatoms. The molecule has 1 atom stereocenters. The number of rotatable bonds is 10. The van der Waals surface area contributed by atoms with Crippen molar-refractivity contribution in [1.29, 1.82) is 0 Å². The van der Waals surface area contributed by atoms with Crippen molar-refractivity contribution in [3.05, 3.63) is 127 Å². The summed E-state index contributed by atoms with van der Waals surface area (Å²) in [7, 11) is -2.54. The fourth-order valence-electron chi connectivity index (χ4n) is 4.89. The number of carbonyl (C=O) groups is 2. The molecule has 5 nitrogen and oxygen atoms in total. The third-order valence-electron chi connectivity index (χ3n) is 6.50. The number of hydrogen-bond acceptors (Lipinski definition) is 4. The molecule has 0 spiro atoms. The predicted octanol–water partition coefficient (Wildman–Crippen LogP) is 6.35. The Balaban J connectivity index is 1.80. The lowest BCUT2D eigenvalue weighted by Gasteiger charge is -2.35. The molecule has 1 amide bonds. The van der Waals surface area contributed by atoms with Crippen LogP contribution in [0.4, 0.5) is 4.79 Å². The molecule has 0 unspecified atom stereocenters. The lowest BCUT2D eigenvalue weighted by atomic mass is 10.2. The number of hydrogen-bond donors (Lipinski definition) is 1. The van der Waals surface area contributed by atoms with Crippen LogP contribution in [0.5, 0.6) is 0 Å². The zero-order valence-corrected chi connectivity index (χ0v) is 24.2. The van der Waals surface area contributed by atoms with Gasteiger partial charge in [0.25, 0.3) is 0 Å². The lowest BCUT2D eigenvalue weighted by Crippen LogP contribution is -2.48. The van der Waals surface area contributed by atoms with E-state index < -0.39 is 24.7 Å². The number of benzene rings is 4. The van der Waals surface area contributed by atoms with E-state index in [2.05, 4.69) is 41.7 Å². The standard InChI is InChI=1S/C34H36NO4P/c1-34(2,3)39-32(36)25-24-31(35-33(37)38-26-27-16-8-4-9-17-27)40(28-18-10-5-11-19-28,29-20-12-6-13-21-29)30-22-14-7-15-23-30/h4-23,31H,24-26H2,1-3H3/p+1/t31-/m0/s1. The van der Waals surface area contributed by atoms with Crippen LogP contribution in [0.2, 0.25) is 0 Å². The number of carbonyl (C=O) groups excluding carboxylic acids is 2. The van der Waals surface area contributed by atoms with Gasteiger partial charge < -0.3 is 9.47 Å². The minimum atomic E-state index is -2.54. The molecule has 0 aliphatic carbocycles. The summed E-state index contributed by atoms with van der Waals surface area (Å²) in [5.41, 5.74) is 0.303. The minimum Gasteiger partial charge on any atom is -0.460 e. The number of esters is 1. The maximum atomic E-state index is 13.4. The second kappa shape index (κ2) is 13.4. The van der Waals surface area contributed by atoms with Gasteiger partial charge in [-0.25, -0.2) is 4.79 Å². The Morgan fingerprint density at radius 2 is 1.12 bits per heavy atom. The van der Waals surface area contributed by atoms with Gasteiger partial charge in [-0.2, -0.15) is 0 Å². The van der Waals surface area contributed by atoms with Crippen LogP contribution in [-0.2, 0) is 20.9 Å². The van der Waals surface area contributed by atoms with Crippen molar-refractivity contribution < 1.29 is 19.1 Å². The van der Waals surface area contributed by atoms with Gasteiger partial charge in [0.1, 0.15) is 35.4 Å². The average molecular weight is 555 g/mol. The first-order chi connectivity index (χ1) is 19.3. The highest BCUT2D eigenvalue weighted by Crippen LogP contribution is 2.60. The molecular formula is C34H37NO4P+. The Hall–Kier alpha value is -3.95. The van der Waals surface area contributed by atoms with E-state index in [4.69, 9.17) is 9.47 Å². The molecular weight excluding hydrogens is 517 g/mol. The summed E-state index contributed by atoms with van der Waals surface area (Å²) in [6, 6.07) is 40.4. The largest absolute Gasteiger partial charge is 0.460 e. The molecule has 1 N–H and O–H groups in total. The van der Waals surface area contributed by atoms with Gasteiger partial charge in [0.15, 0.2) is 5.78 Å². The third-order valence-corrected chi connectivity index (χ3v) is 11.2. The van der Waals surface area contributed by atoms with Crippen molar-refractivity contribution in [2.75, 3.05) is 0 Å². The van der Waals surface area contributed by atoms with Crippen molar-refractivity contribution in [3.8, 4) is 0 Å². The van der Waals surface area contributed by atoms with Crippen LogP contribution in [0.1, 0.15) is 39.2 Å². The first-order valence-electron chi connectivity index (χ1n) is 13.5. The summed E-state index contributed by atoms with van der Waals surface area (Å²) in [6.45, 7) is 5.73. The van der Waals surface area contributed by atoms with Crippen molar-refractivity contribution in [1.82, 2.24) is 5.32 Å². The monoisotopic (exact) mass is 554 g/mol. The molecule has 4 rings (SSSR count). The molecule has 0 radical (unpaired) electrons. The van der Waals surface area contributed by atoms with Gasteiger partial charge in [-0.1, -0.05) is 84.9 Å². The normalized spacial score (nSPS) is 12.3. The first kappa shape index (κ1) is 29.0. The Morgan fingerprint density at radius 3 is 1.55 bits per heavy atom. The molecule has 4 aromatic carbocycles. The third kappa shape index (κ3) is 7.37. The van der Waals surface area contributed by atoms with Crippen LogP contribution in [0.25, 0.3) is 0 Å². The highest BCUT2D eigenvalue weighted by Gasteiger charge is 2.53. The molecule has 0 aromatic heterocycles. The molecule has 40 heavy (non-hydrogen) atoms. The quantitative estimate of drug-likeness (QED) is 0.183. The maximum Gasteiger partial charge on any atom is 0.410 e. The van der Waals surface area contributed by atoms with E-state index in [1.165, 1.54) is 0 Å². The number of alkyl carbamates (subject to hydrolysis) is 1. The molecule has 4 aromatic rings. The minimum absolute atomic E-state index is 0.148. The SMILES string of the molecule is CC(C)(C)OC(=O)CC[C@@H](NC(=O)OCc1ccccc1)[P+](c1ccccc1)(c1ccccc1)c1ccccc1. The van der Waals surface area contributed by atoms with Gasteiger partial charge in [-0.3, -0.25) is 10.1 Å². The highest BCUT2D eigenvalue weighted by atomic mass is 31.2. The summed E-state index contributed by atoms with van der Waals surface area (Å²) < 4.78 is 11.4. The van der Waals surface area contributed by atoms with E-state index in [-0.39, 0.29) is 19.0 Å². The van der Waals surface area contributed by atoms with Gasteiger partial charge in [0, 0.05) is 6.42 Å². The highest BCUT2D eigenvalue weighted by molar-refractivity contribution is 7.96. The Morgan fingerprint density at radius 1 is 0.700 bits per heavy atom. The molecule has 0 aliphatic rings. The van der Waals surface area contributed by atoms with Gasteiger partial charge >= 0.3 is 12.1 Å². The molecule has 0 heterocycles. The molecule has 0 fully saturated rings. The fraction of sp³-hybridized carbons (Fsp3) is 0.235. The molecule has 0 saturated heterocycles. The van der Waals surface area contributed by atoms with Gasteiger partial charge in [0.05, 0.1) is 6.42 Å². The average Bonchev–Trinajstić information content (AvgIpc) is 2.96. The molecule has 0 saturated carbocycles. The van der Waals surface area contributed by atoms with Crippen molar-refractivity contribution in [2.45, 2.75) is 51.6 Å². The van der Waals surface area contributed by atoms with E-state index >= 15 is 0 Å². The van der Waals surface area contributed by atoms with E-state index in [1.54, 1.807) is 0 Å². The van der Waals surface area contributed by atoms with Crippen LogP contribution >= 0.6 is 7.26 Å². The number of nitrogens with one attached hydrogen (secondary N) is 1. The lowest BCUT2D eigenvalue weighted by molar-refractivity contribution is -0.154. The predicted molar refractivity (Wildman–Crippen MR) is 164 cm³/mol. The van der Waals surface area contributed by atoms with Crippen LogP contribution in [0.15, 0.2) is 121 Å².